The lowest BCUT2D eigenvalue weighted by Crippen LogP contribution is -2.22. The average molecular weight is 218 g/mol. The van der Waals surface area contributed by atoms with E-state index in [2.05, 4.69) is 13.8 Å². The minimum Gasteiger partial charge on any atom is -0.393 e. The molecule has 0 fully saturated rings. The van der Waals surface area contributed by atoms with Gasteiger partial charge in [0.15, 0.2) is 0 Å². The Morgan fingerprint density at radius 3 is 2.20 bits per heavy atom. The van der Waals surface area contributed by atoms with Gasteiger partial charge in [0, 0.05) is 13.7 Å². The van der Waals surface area contributed by atoms with E-state index in [9.17, 15) is 5.11 Å². The van der Waals surface area contributed by atoms with Crippen LogP contribution < -0.4 is 0 Å². The molecule has 0 aromatic heterocycles. The molecule has 2 atom stereocenters. The van der Waals surface area contributed by atoms with Crippen LogP contribution >= 0.6 is 0 Å². The van der Waals surface area contributed by atoms with E-state index in [1.807, 2.05) is 6.92 Å². The Kier molecular flexibility index (Phi) is 9.06. The summed E-state index contributed by atoms with van der Waals surface area (Å²) in [7, 11) is 1.67. The maximum atomic E-state index is 9.56. The third-order valence-electron chi connectivity index (χ3n) is 2.73. The molecule has 0 aromatic rings. The highest BCUT2D eigenvalue weighted by Gasteiger charge is 2.17. The zero-order chi connectivity index (χ0) is 11.7. The molecule has 0 spiro atoms. The fourth-order valence-electron chi connectivity index (χ4n) is 1.80. The number of aliphatic hydroxyl groups excluding tert-OH is 1. The molecule has 3 heteroatoms. The van der Waals surface area contributed by atoms with Gasteiger partial charge in [-0.05, 0) is 31.6 Å². The third-order valence-corrected chi connectivity index (χ3v) is 2.73. The summed E-state index contributed by atoms with van der Waals surface area (Å²) < 4.78 is 10.3. The largest absolute Gasteiger partial charge is 0.393 e. The normalized spacial score (nSPS) is 15.6. The van der Waals surface area contributed by atoms with Crippen molar-refractivity contribution in [3.05, 3.63) is 0 Å². The van der Waals surface area contributed by atoms with Gasteiger partial charge >= 0.3 is 0 Å². The van der Waals surface area contributed by atoms with Crippen LogP contribution in [0.5, 0.6) is 0 Å². The molecule has 2 unspecified atom stereocenters. The molecule has 92 valence electrons. The summed E-state index contributed by atoms with van der Waals surface area (Å²) in [4.78, 5) is 0. The minimum absolute atomic E-state index is 0.219. The molecule has 1 N–H and O–H groups in total. The van der Waals surface area contributed by atoms with Gasteiger partial charge < -0.3 is 14.6 Å². The van der Waals surface area contributed by atoms with Gasteiger partial charge in [-0.3, -0.25) is 0 Å². The molecule has 0 radical (unpaired) electrons. The van der Waals surface area contributed by atoms with Crippen LogP contribution in [0, 0.1) is 11.8 Å². The van der Waals surface area contributed by atoms with Gasteiger partial charge in [0.1, 0.15) is 0 Å². The highest BCUT2D eigenvalue weighted by atomic mass is 16.5. The van der Waals surface area contributed by atoms with Crippen LogP contribution in [-0.2, 0) is 9.47 Å². The molecule has 0 bridgehead atoms. The highest BCUT2D eigenvalue weighted by molar-refractivity contribution is 4.68. The van der Waals surface area contributed by atoms with Crippen molar-refractivity contribution < 1.29 is 14.6 Å². The van der Waals surface area contributed by atoms with Crippen molar-refractivity contribution in [3.8, 4) is 0 Å². The average Bonchev–Trinajstić information content (AvgIpc) is 2.15. The molecular formula is C12H26O3. The number of hydrogen-bond acceptors (Lipinski definition) is 3. The molecular weight excluding hydrogens is 192 g/mol. The summed E-state index contributed by atoms with van der Waals surface area (Å²) in [5, 5.41) is 9.56. The van der Waals surface area contributed by atoms with Gasteiger partial charge in [-0.2, -0.15) is 0 Å². The lowest BCUT2D eigenvalue weighted by Gasteiger charge is -2.23. The highest BCUT2D eigenvalue weighted by Crippen LogP contribution is 2.20. The maximum absolute atomic E-state index is 9.56. The van der Waals surface area contributed by atoms with Gasteiger partial charge in [0.05, 0.1) is 19.3 Å². The Hall–Kier alpha value is -0.120. The lowest BCUT2D eigenvalue weighted by atomic mass is 9.87. The van der Waals surface area contributed by atoms with Crippen molar-refractivity contribution in [1.29, 1.82) is 0 Å². The summed E-state index contributed by atoms with van der Waals surface area (Å²) >= 11 is 0. The van der Waals surface area contributed by atoms with Crippen molar-refractivity contribution >= 4 is 0 Å². The Labute approximate surface area is 93.8 Å². The number of aliphatic hydroxyl groups is 1. The molecule has 3 nitrogen and oxygen atoms in total. The summed E-state index contributed by atoms with van der Waals surface area (Å²) in [5.74, 6) is 0.917. The fraction of sp³-hybridized carbons (Fsp3) is 1.00. The van der Waals surface area contributed by atoms with Crippen LogP contribution in [0.2, 0.25) is 0 Å². The molecule has 0 aliphatic rings. The summed E-state index contributed by atoms with van der Waals surface area (Å²) in [6.07, 6.45) is 1.82. The van der Waals surface area contributed by atoms with E-state index in [0.29, 0.717) is 25.0 Å². The van der Waals surface area contributed by atoms with E-state index in [0.717, 1.165) is 19.4 Å². The predicted octanol–water partition coefficient (Wildman–Crippen LogP) is 2.08. The Bertz CT molecular complexity index is 127. The second-order valence-electron chi connectivity index (χ2n) is 4.40. The standard InChI is InChI=1S/C12H26O3/c1-10(2)12(11(3)13)6-5-7-15-9-8-14-4/h10-13H,5-9H2,1-4H3. The molecule has 15 heavy (non-hydrogen) atoms. The van der Waals surface area contributed by atoms with E-state index >= 15 is 0 Å². The number of methoxy groups -OCH3 is 1. The second kappa shape index (κ2) is 9.13. The van der Waals surface area contributed by atoms with E-state index in [1.165, 1.54) is 0 Å². The first-order valence-corrected chi connectivity index (χ1v) is 5.84. The summed E-state index contributed by atoms with van der Waals surface area (Å²) in [6.45, 7) is 8.27. The van der Waals surface area contributed by atoms with E-state index < -0.39 is 0 Å². The topological polar surface area (TPSA) is 38.7 Å². The molecule has 0 aromatic carbocycles. The SMILES string of the molecule is COCCOCCCC(C(C)C)C(C)O. The summed E-state index contributed by atoms with van der Waals surface area (Å²) in [5.41, 5.74) is 0. The van der Waals surface area contributed by atoms with Crippen molar-refractivity contribution in [2.75, 3.05) is 26.9 Å². The third kappa shape index (κ3) is 7.77. The lowest BCUT2D eigenvalue weighted by molar-refractivity contribution is 0.0543. The van der Waals surface area contributed by atoms with E-state index in [1.54, 1.807) is 7.11 Å². The molecule has 0 rings (SSSR count). The number of hydrogen-bond donors (Lipinski definition) is 1. The molecule has 0 saturated carbocycles. The predicted molar refractivity (Wildman–Crippen MR) is 61.9 cm³/mol. The zero-order valence-corrected chi connectivity index (χ0v) is 10.5. The molecule has 0 heterocycles. The van der Waals surface area contributed by atoms with Crippen LogP contribution in [0.25, 0.3) is 0 Å². The van der Waals surface area contributed by atoms with Crippen LogP contribution in [0.1, 0.15) is 33.6 Å². The van der Waals surface area contributed by atoms with Crippen molar-refractivity contribution in [1.82, 2.24) is 0 Å². The fourth-order valence-corrected chi connectivity index (χ4v) is 1.80. The second-order valence-corrected chi connectivity index (χ2v) is 4.40. The van der Waals surface area contributed by atoms with Crippen molar-refractivity contribution in [2.45, 2.75) is 39.7 Å². The minimum atomic E-state index is -0.219. The zero-order valence-electron chi connectivity index (χ0n) is 10.5. The Morgan fingerprint density at radius 2 is 1.73 bits per heavy atom. The molecule has 0 aliphatic heterocycles. The smallest absolute Gasteiger partial charge is 0.0700 e. The van der Waals surface area contributed by atoms with Gasteiger partial charge in [0.25, 0.3) is 0 Å². The monoisotopic (exact) mass is 218 g/mol. The van der Waals surface area contributed by atoms with Crippen molar-refractivity contribution in [2.24, 2.45) is 11.8 Å². The Morgan fingerprint density at radius 1 is 1.07 bits per heavy atom. The quantitative estimate of drug-likeness (QED) is 0.602. The first kappa shape index (κ1) is 14.9. The van der Waals surface area contributed by atoms with Crippen LogP contribution in [-0.4, -0.2) is 38.1 Å². The number of rotatable bonds is 9. The van der Waals surface area contributed by atoms with Gasteiger partial charge in [-0.1, -0.05) is 13.8 Å². The van der Waals surface area contributed by atoms with Gasteiger partial charge in [-0.15, -0.1) is 0 Å². The van der Waals surface area contributed by atoms with Crippen LogP contribution in [0.15, 0.2) is 0 Å². The first-order valence-electron chi connectivity index (χ1n) is 5.84. The van der Waals surface area contributed by atoms with Crippen LogP contribution in [0.4, 0.5) is 0 Å². The molecule has 0 saturated heterocycles. The van der Waals surface area contributed by atoms with Crippen LogP contribution in [0.3, 0.4) is 0 Å². The molecule has 0 amide bonds. The van der Waals surface area contributed by atoms with E-state index in [4.69, 9.17) is 9.47 Å². The van der Waals surface area contributed by atoms with Gasteiger partial charge in [0.2, 0.25) is 0 Å². The molecule has 0 aliphatic carbocycles. The maximum Gasteiger partial charge on any atom is 0.0700 e. The number of ether oxygens (including phenoxy) is 2. The van der Waals surface area contributed by atoms with Crippen molar-refractivity contribution in [3.63, 3.8) is 0 Å². The summed E-state index contributed by atoms with van der Waals surface area (Å²) in [6, 6.07) is 0. The first-order chi connectivity index (χ1) is 7.09. The Balaban J connectivity index is 3.46. The van der Waals surface area contributed by atoms with Gasteiger partial charge in [-0.25, -0.2) is 0 Å². The van der Waals surface area contributed by atoms with E-state index in [-0.39, 0.29) is 6.10 Å².